The molecule has 19 heteroatoms. The molecule has 0 amide bonds. The molecule has 16 nitrogen and oxygen atoms in total. The number of terminal acetylenes is 1. The van der Waals surface area contributed by atoms with Gasteiger partial charge in [-0.15, -0.1) is 0 Å². The highest BCUT2D eigenvalue weighted by molar-refractivity contribution is 7.66. The molecule has 0 bridgehead atoms. The monoisotopic (exact) mass is 492 g/mol. The van der Waals surface area contributed by atoms with Crippen LogP contribution in [0.2, 0.25) is 0 Å². The predicted octanol–water partition coefficient (Wildman–Crippen LogP) is -0.857. The summed E-state index contributed by atoms with van der Waals surface area (Å²) in [6.07, 6.45) is 3.76. The second-order valence-corrected chi connectivity index (χ2v) is 9.92. The molecule has 2 unspecified atom stereocenters. The Labute approximate surface area is 166 Å². The first-order valence-corrected chi connectivity index (χ1v) is 12.1. The van der Waals surface area contributed by atoms with Gasteiger partial charge in [-0.25, -0.2) is 18.5 Å². The number of nitrogens with one attached hydrogen (secondary N) is 1. The molecule has 1 fully saturated rings. The minimum absolute atomic E-state index is 0.326. The first-order chi connectivity index (χ1) is 13.7. The summed E-state index contributed by atoms with van der Waals surface area (Å²) in [6, 6.07) is 1.01. The van der Waals surface area contributed by atoms with Crippen LogP contribution in [0, 0.1) is 12.5 Å². The van der Waals surface area contributed by atoms with Gasteiger partial charge in [-0.3, -0.25) is 18.9 Å². The fourth-order valence-corrected chi connectivity index (χ4v) is 5.61. The third-order valence-corrected chi connectivity index (χ3v) is 7.22. The summed E-state index contributed by atoms with van der Waals surface area (Å²) in [6.45, 7) is -0.411. The van der Waals surface area contributed by atoms with Crippen molar-refractivity contribution in [1.29, 1.82) is 0 Å². The van der Waals surface area contributed by atoms with Gasteiger partial charge in [0.25, 0.3) is 5.56 Å². The fourth-order valence-electron chi connectivity index (χ4n) is 2.39. The molecule has 0 aliphatic carbocycles. The Morgan fingerprint density at radius 1 is 1.20 bits per heavy atom. The van der Waals surface area contributed by atoms with Crippen molar-refractivity contribution in [1.82, 2.24) is 9.55 Å². The topological polar surface area (TPSA) is 233 Å². The Balaban J connectivity index is 2.20. The van der Waals surface area contributed by atoms with Crippen molar-refractivity contribution < 1.29 is 55.9 Å². The highest BCUT2D eigenvalue weighted by atomic mass is 31.3. The number of hydrogen-bond acceptors (Lipinski definition) is 10. The van der Waals surface area contributed by atoms with Crippen LogP contribution < -0.4 is 11.2 Å². The lowest BCUT2D eigenvalue weighted by Crippen LogP contribution is -2.31. The molecule has 5 atom stereocenters. The lowest BCUT2D eigenvalue weighted by molar-refractivity contribution is -0.0450. The molecule has 2 heterocycles. The normalized spacial score (nSPS) is 25.8. The van der Waals surface area contributed by atoms with Crippen molar-refractivity contribution in [2.75, 3.05) is 6.61 Å². The largest absolute Gasteiger partial charge is 0.490 e. The number of aromatic nitrogens is 2. The molecule has 0 saturated carbocycles. The summed E-state index contributed by atoms with van der Waals surface area (Å²) in [5.74, 6) is 0. The smallest absolute Gasteiger partial charge is 0.444 e. The van der Waals surface area contributed by atoms with Gasteiger partial charge in [0, 0.05) is 18.7 Å². The Morgan fingerprint density at radius 2 is 1.87 bits per heavy atom. The highest BCUT2D eigenvalue weighted by Crippen LogP contribution is 2.67. The van der Waals surface area contributed by atoms with E-state index >= 15 is 0 Å². The quantitative estimate of drug-likeness (QED) is 0.209. The molecule has 1 aliphatic heterocycles. The summed E-state index contributed by atoms with van der Waals surface area (Å²) in [7, 11) is -16.7. The standard InChI is InChI=1S/C11H15N2O14P3/c1-2-23-6-8-7(5-10(24-8)13-4-3-9(14)12-11(13)15)25-29(19,20)27-30(21,22)26-28(16,17)18/h1,3-4,7-8,10H,5-6H2,(H,19,20)(H,21,22)(H,12,14,15)(H2,16,17,18)/t7-,8+,10+/m0/s1. The van der Waals surface area contributed by atoms with E-state index in [1.807, 2.05) is 11.1 Å². The van der Waals surface area contributed by atoms with Gasteiger partial charge in [0.05, 0.1) is 0 Å². The van der Waals surface area contributed by atoms with Gasteiger partial charge in [-0.1, -0.05) is 6.42 Å². The van der Waals surface area contributed by atoms with Crippen molar-refractivity contribution in [3.63, 3.8) is 0 Å². The molecule has 0 spiro atoms. The molecule has 0 radical (unpaired) electrons. The molecule has 30 heavy (non-hydrogen) atoms. The first kappa shape index (κ1) is 24.7. The molecule has 1 aliphatic rings. The third-order valence-electron chi connectivity index (χ3n) is 3.36. The number of H-pyrrole nitrogens is 1. The van der Waals surface area contributed by atoms with Crippen LogP contribution in [0.3, 0.4) is 0 Å². The van der Waals surface area contributed by atoms with E-state index in [-0.39, 0.29) is 6.42 Å². The van der Waals surface area contributed by atoms with Crippen molar-refractivity contribution in [2.45, 2.75) is 24.9 Å². The zero-order chi connectivity index (χ0) is 22.7. The number of phosphoric acid groups is 3. The SMILES string of the molecule is C#COC[C@H]1O[C@@H](n2ccc(=O)[nH]c2=O)C[C@@H]1OP(=O)(O)OP(=O)(O)OP(=O)(O)O. The van der Waals surface area contributed by atoms with E-state index in [2.05, 4.69) is 8.62 Å². The molecule has 1 aromatic rings. The van der Waals surface area contributed by atoms with Crippen molar-refractivity contribution >= 4 is 23.5 Å². The van der Waals surface area contributed by atoms with Crippen LogP contribution in [0.1, 0.15) is 12.6 Å². The Hall–Kier alpha value is -1.59. The van der Waals surface area contributed by atoms with Gasteiger partial charge < -0.3 is 29.0 Å². The molecule has 168 valence electrons. The summed E-state index contributed by atoms with van der Waals surface area (Å²) < 4.78 is 57.2. The number of phosphoric ester groups is 1. The highest BCUT2D eigenvalue weighted by Gasteiger charge is 2.46. The molecular weight excluding hydrogens is 477 g/mol. The average Bonchev–Trinajstić information content (AvgIpc) is 2.90. The maximum absolute atomic E-state index is 12.0. The first-order valence-electron chi connectivity index (χ1n) is 7.58. The van der Waals surface area contributed by atoms with Gasteiger partial charge in [-0.05, 0) is 0 Å². The molecule has 0 aromatic carbocycles. The second kappa shape index (κ2) is 9.27. The third kappa shape index (κ3) is 7.28. The molecular formula is C11H15N2O14P3. The van der Waals surface area contributed by atoms with E-state index in [0.29, 0.717) is 0 Å². The van der Waals surface area contributed by atoms with E-state index in [9.17, 15) is 33.1 Å². The van der Waals surface area contributed by atoms with Gasteiger partial charge >= 0.3 is 29.2 Å². The van der Waals surface area contributed by atoms with E-state index in [0.717, 1.165) is 16.8 Å². The van der Waals surface area contributed by atoms with Crippen LogP contribution in [0.5, 0.6) is 0 Å². The molecule has 1 aromatic heterocycles. The van der Waals surface area contributed by atoms with Gasteiger partial charge in [0.15, 0.2) is 0 Å². The van der Waals surface area contributed by atoms with Crippen LogP contribution in [-0.4, -0.2) is 47.9 Å². The molecule has 1 saturated heterocycles. The van der Waals surface area contributed by atoms with E-state index in [1.54, 1.807) is 0 Å². The van der Waals surface area contributed by atoms with Crippen molar-refractivity contribution in [3.05, 3.63) is 33.1 Å². The molecule has 5 N–H and O–H groups in total. The number of ether oxygens (including phenoxy) is 2. The predicted molar refractivity (Wildman–Crippen MR) is 93.4 cm³/mol. The van der Waals surface area contributed by atoms with Crippen LogP contribution >= 0.6 is 23.5 Å². The lowest BCUT2D eigenvalue weighted by Gasteiger charge is -2.21. The van der Waals surface area contributed by atoms with Gasteiger partial charge in [0.1, 0.15) is 31.1 Å². The van der Waals surface area contributed by atoms with E-state index in [4.69, 9.17) is 30.2 Å². The average molecular weight is 492 g/mol. The Morgan fingerprint density at radius 3 is 2.43 bits per heavy atom. The number of aromatic amines is 1. The maximum atomic E-state index is 12.0. The number of nitrogens with zero attached hydrogens (tertiary/aromatic N) is 1. The van der Waals surface area contributed by atoms with E-state index < -0.39 is 59.8 Å². The summed E-state index contributed by atoms with van der Waals surface area (Å²) in [4.78, 5) is 61.0. The fraction of sp³-hybridized carbons (Fsp3) is 0.455. The van der Waals surface area contributed by atoms with Crippen molar-refractivity contribution in [2.24, 2.45) is 0 Å². The zero-order valence-corrected chi connectivity index (χ0v) is 17.2. The van der Waals surface area contributed by atoms with Crippen LogP contribution in [0.25, 0.3) is 0 Å². The van der Waals surface area contributed by atoms with E-state index in [1.165, 1.54) is 0 Å². The zero-order valence-electron chi connectivity index (χ0n) is 14.5. The number of hydrogen-bond donors (Lipinski definition) is 5. The minimum atomic E-state index is -5.72. The Bertz CT molecular complexity index is 1070. The van der Waals surface area contributed by atoms with Gasteiger partial charge in [0.2, 0.25) is 0 Å². The Kier molecular flexibility index (Phi) is 7.63. The van der Waals surface area contributed by atoms with Gasteiger partial charge in [-0.2, -0.15) is 8.62 Å². The number of rotatable bonds is 9. The van der Waals surface area contributed by atoms with Crippen molar-refractivity contribution in [3.8, 4) is 12.5 Å². The lowest BCUT2D eigenvalue weighted by atomic mass is 10.2. The van der Waals surface area contributed by atoms with Crippen LogP contribution in [0.4, 0.5) is 0 Å². The second-order valence-electron chi connectivity index (χ2n) is 5.55. The summed E-state index contributed by atoms with van der Waals surface area (Å²) in [5.41, 5.74) is -1.56. The summed E-state index contributed by atoms with van der Waals surface area (Å²) >= 11 is 0. The van der Waals surface area contributed by atoms with Crippen LogP contribution in [-0.2, 0) is 36.3 Å². The summed E-state index contributed by atoms with van der Waals surface area (Å²) in [5, 5.41) is 0. The maximum Gasteiger partial charge on any atom is 0.490 e. The minimum Gasteiger partial charge on any atom is -0.444 e. The van der Waals surface area contributed by atoms with Crippen LogP contribution in [0.15, 0.2) is 21.9 Å². The molecule has 2 rings (SSSR count).